The van der Waals surface area contributed by atoms with Crippen LogP contribution in [0.25, 0.3) is 0 Å². The Balaban J connectivity index is 2.04. The molecule has 1 N–H and O–H groups in total. The second kappa shape index (κ2) is 7.14. The molecule has 0 aromatic heterocycles. The Hall–Kier alpha value is -1.26. The third-order valence-corrected chi connectivity index (χ3v) is 4.98. The van der Waals surface area contributed by atoms with E-state index in [0.717, 1.165) is 38.6 Å². The van der Waals surface area contributed by atoms with Crippen molar-refractivity contribution >= 4 is 12.0 Å². The van der Waals surface area contributed by atoms with E-state index in [0.29, 0.717) is 18.5 Å². The summed E-state index contributed by atoms with van der Waals surface area (Å²) in [4.78, 5) is 27.7. The predicted octanol–water partition coefficient (Wildman–Crippen LogP) is 3.09. The van der Waals surface area contributed by atoms with Gasteiger partial charge in [-0.05, 0) is 58.8 Å². The van der Waals surface area contributed by atoms with Gasteiger partial charge in [0.25, 0.3) is 0 Å². The van der Waals surface area contributed by atoms with Crippen LogP contribution in [0.1, 0.15) is 65.2 Å². The van der Waals surface area contributed by atoms with Crippen LogP contribution in [0.5, 0.6) is 0 Å². The van der Waals surface area contributed by atoms with E-state index < -0.39 is 5.97 Å². The fraction of sp³-hybridized carbons (Fsp3) is 0.875. The lowest BCUT2D eigenvalue weighted by molar-refractivity contribution is -0.137. The van der Waals surface area contributed by atoms with Gasteiger partial charge in [-0.15, -0.1) is 0 Å². The van der Waals surface area contributed by atoms with E-state index in [9.17, 15) is 9.59 Å². The number of amides is 2. The number of carbonyl (C=O) groups is 2. The van der Waals surface area contributed by atoms with Gasteiger partial charge < -0.3 is 14.9 Å². The first kappa shape index (κ1) is 16.1. The summed E-state index contributed by atoms with van der Waals surface area (Å²) >= 11 is 0. The monoisotopic (exact) mass is 296 g/mol. The van der Waals surface area contributed by atoms with E-state index in [1.54, 1.807) is 0 Å². The van der Waals surface area contributed by atoms with Gasteiger partial charge in [-0.1, -0.05) is 0 Å². The normalized spacial score (nSPS) is 30.3. The Morgan fingerprint density at radius 1 is 1.05 bits per heavy atom. The number of urea groups is 1. The van der Waals surface area contributed by atoms with E-state index in [1.165, 1.54) is 6.42 Å². The SMILES string of the molecule is CC1CCCC(C)N1C(=O)N1CCCCC1CCC(=O)O. The first-order valence-electron chi connectivity index (χ1n) is 8.31. The van der Waals surface area contributed by atoms with Crippen LogP contribution in [0.2, 0.25) is 0 Å². The molecule has 0 bridgehead atoms. The van der Waals surface area contributed by atoms with Crippen molar-refractivity contribution in [2.24, 2.45) is 0 Å². The topological polar surface area (TPSA) is 60.9 Å². The third-order valence-electron chi connectivity index (χ3n) is 4.98. The molecule has 21 heavy (non-hydrogen) atoms. The van der Waals surface area contributed by atoms with Crippen molar-refractivity contribution in [2.75, 3.05) is 6.54 Å². The Labute approximate surface area is 127 Å². The number of likely N-dealkylation sites (tertiary alicyclic amines) is 2. The minimum atomic E-state index is -0.771. The summed E-state index contributed by atoms with van der Waals surface area (Å²) in [6.07, 6.45) is 7.14. The highest BCUT2D eigenvalue weighted by Crippen LogP contribution is 2.28. The molecule has 2 fully saturated rings. The summed E-state index contributed by atoms with van der Waals surface area (Å²) in [5, 5.41) is 8.89. The van der Waals surface area contributed by atoms with E-state index >= 15 is 0 Å². The number of carboxylic acids is 1. The van der Waals surface area contributed by atoms with Gasteiger partial charge in [0.15, 0.2) is 0 Å². The molecular weight excluding hydrogens is 268 g/mol. The van der Waals surface area contributed by atoms with Crippen molar-refractivity contribution in [1.29, 1.82) is 0 Å². The average molecular weight is 296 g/mol. The number of carboxylic acid groups (broad SMARTS) is 1. The first-order valence-corrected chi connectivity index (χ1v) is 8.31. The number of piperidine rings is 2. The smallest absolute Gasteiger partial charge is 0.320 e. The average Bonchev–Trinajstić information content (AvgIpc) is 2.45. The Kier molecular flexibility index (Phi) is 5.48. The molecule has 2 saturated heterocycles. The summed E-state index contributed by atoms with van der Waals surface area (Å²) in [5.41, 5.74) is 0. The van der Waals surface area contributed by atoms with Gasteiger partial charge in [-0.2, -0.15) is 0 Å². The van der Waals surface area contributed by atoms with Crippen LogP contribution in [0.15, 0.2) is 0 Å². The molecule has 3 atom stereocenters. The molecule has 2 rings (SSSR count). The number of aliphatic carboxylic acids is 1. The zero-order chi connectivity index (χ0) is 15.4. The molecule has 0 spiro atoms. The van der Waals surface area contributed by atoms with Gasteiger partial charge in [0, 0.05) is 31.1 Å². The van der Waals surface area contributed by atoms with Crippen molar-refractivity contribution in [3.63, 3.8) is 0 Å². The molecule has 0 radical (unpaired) electrons. The highest BCUT2D eigenvalue weighted by atomic mass is 16.4. The minimum absolute atomic E-state index is 0.101. The van der Waals surface area contributed by atoms with Gasteiger partial charge in [0.1, 0.15) is 0 Å². The van der Waals surface area contributed by atoms with Crippen LogP contribution in [0.4, 0.5) is 4.79 Å². The van der Waals surface area contributed by atoms with Crippen LogP contribution in [0.3, 0.4) is 0 Å². The maximum absolute atomic E-state index is 12.9. The number of rotatable bonds is 3. The van der Waals surface area contributed by atoms with Crippen molar-refractivity contribution in [2.45, 2.75) is 83.3 Å². The number of hydrogen-bond donors (Lipinski definition) is 1. The second-order valence-corrected chi connectivity index (χ2v) is 6.59. The van der Waals surface area contributed by atoms with Gasteiger partial charge in [0.2, 0.25) is 0 Å². The summed E-state index contributed by atoms with van der Waals surface area (Å²) in [5.74, 6) is -0.771. The summed E-state index contributed by atoms with van der Waals surface area (Å²) in [6.45, 7) is 5.03. The molecule has 3 unspecified atom stereocenters. The molecule has 2 aliphatic heterocycles. The van der Waals surface area contributed by atoms with Crippen LogP contribution < -0.4 is 0 Å². The van der Waals surface area contributed by atoms with Crippen LogP contribution in [-0.4, -0.2) is 51.6 Å². The molecule has 2 heterocycles. The van der Waals surface area contributed by atoms with Crippen molar-refractivity contribution in [3.05, 3.63) is 0 Å². The Bertz CT molecular complexity index is 376. The van der Waals surface area contributed by atoms with Gasteiger partial charge in [-0.25, -0.2) is 4.79 Å². The predicted molar refractivity (Wildman–Crippen MR) is 81.2 cm³/mol. The zero-order valence-electron chi connectivity index (χ0n) is 13.3. The van der Waals surface area contributed by atoms with Crippen molar-refractivity contribution in [3.8, 4) is 0 Å². The lowest BCUT2D eigenvalue weighted by Gasteiger charge is -2.45. The van der Waals surface area contributed by atoms with E-state index in [4.69, 9.17) is 5.11 Å². The molecule has 5 heteroatoms. The van der Waals surface area contributed by atoms with Crippen molar-refractivity contribution < 1.29 is 14.7 Å². The Morgan fingerprint density at radius 3 is 2.33 bits per heavy atom. The molecule has 2 amide bonds. The third kappa shape index (κ3) is 3.89. The minimum Gasteiger partial charge on any atom is -0.481 e. The van der Waals surface area contributed by atoms with Crippen LogP contribution in [0, 0.1) is 0 Å². The molecule has 120 valence electrons. The van der Waals surface area contributed by atoms with Gasteiger partial charge in [-0.3, -0.25) is 4.79 Å². The van der Waals surface area contributed by atoms with E-state index in [2.05, 4.69) is 13.8 Å². The maximum atomic E-state index is 12.9. The zero-order valence-corrected chi connectivity index (χ0v) is 13.3. The standard InChI is InChI=1S/C16H28N2O3/c1-12-6-5-7-13(2)18(12)16(21)17-11-4-3-8-14(17)9-10-15(19)20/h12-14H,3-11H2,1-2H3,(H,19,20). The number of nitrogens with zero attached hydrogens (tertiary/aromatic N) is 2. The van der Waals surface area contributed by atoms with Gasteiger partial charge >= 0.3 is 12.0 Å². The summed E-state index contributed by atoms with van der Waals surface area (Å²) in [6, 6.07) is 0.820. The maximum Gasteiger partial charge on any atom is 0.320 e. The molecule has 0 aromatic rings. The van der Waals surface area contributed by atoms with E-state index in [-0.39, 0.29) is 18.5 Å². The summed E-state index contributed by atoms with van der Waals surface area (Å²) in [7, 11) is 0. The van der Waals surface area contributed by atoms with Gasteiger partial charge in [0.05, 0.1) is 0 Å². The fourth-order valence-electron chi connectivity index (χ4n) is 3.79. The quantitative estimate of drug-likeness (QED) is 0.870. The van der Waals surface area contributed by atoms with Crippen molar-refractivity contribution in [1.82, 2.24) is 9.80 Å². The molecular formula is C16H28N2O3. The lowest BCUT2D eigenvalue weighted by Crippen LogP contribution is -2.56. The fourth-order valence-corrected chi connectivity index (χ4v) is 3.79. The highest BCUT2D eigenvalue weighted by molar-refractivity contribution is 5.76. The second-order valence-electron chi connectivity index (χ2n) is 6.59. The van der Waals surface area contributed by atoms with Crippen LogP contribution in [-0.2, 0) is 4.79 Å². The molecule has 0 aliphatic carbocycles. The largest absolute Gasteiger partial charge is 0.481 e. The summed E-state index contributed by atoms with van der Waals surface area (Å²) < 4.78 is 0. The molecule has 5 nitrogen and oxygen atoms in total. The molecule has 0 saturated carbocycles. The molecule has 2 aliphatic rings. The van der Waals surface area contributed by atoms with Crippen LogP contribution >= 0.6 is 0 Å². The molecule has 0 aromatic carbocycles. The Morgan fingerprint density at radius 2 is 1.71 bits per heavy atom. The number of carbonyl (C=O) groups excluding carboxylic acids is 1. The highest BCUT2D eigenvalue weighted by Gasteiger charge is 2.35. The lowest BCUT2D eigenvalue weighted by atomic mass is 9.96. The number of hydrogen-bond acceptors (Lipinski definition) is 2. The van der Waals surface area contributed by atoms with E-state index in [1.807, 2.05) is 9.80 Å². The first-order chi connectivity index (χ1) is 10.0.